The highest BCUT2D eigenvalue weighted by Crippen LogP contribution is 2.38. The molecule has 0 unspecified atom stereocenters. The molecule has 0 nitrogen and oxygen atoms in total. The lowest BCUT2D eigenvalue weighted by molar-refractivity contribution is 0.308. The summed E-state index contributed by atoms with van der Waals surface area (Å²) in [7, 11) is 0. The lowest BCUT2D eigenvalue weighted by Gasteiger charge is -2.28. The number of benzene rings is 2. The van der Waals surface area contributed by atoms with E-state index in [1.54, 1.807) is 5.56 Å². The standard InChI is InChI=1S/C31H46/c1-3-5-6-7-8-9-10-11-13-27-16-20-29(21-17-27)31-24-22-30(23-25-31)28-18-14-26(12-4-2)15-19-28/h16-17,20-26,28H,3-15,18-19H2,1-2H3. The van der Waals surface area contributed by atoms with Crippen LogP contribution in [0.5, 0.6) is 0 Å². The zero-order chi connectivity index (χ0) is 21.7. The summed E-state index contributed by atoms with van der Waals surface area (Å²) >= 11 is 0. The van der Waals surface area contributed by atoms with Crippen molar-refractivity contribution in [2.45, 2.75) is 116 Å². The van der Waals surface area contributed by atoms with Gasteiger partial charge in [-0.15, -0.1) is 0 Å². The zero-order valence-corrected chi connectivity index (χ0v) is 20.4. The van der Waals surface area contributed by atoms with Crippen LogP contribution in [0.15, 0.2) is 48.5 Å². The largest absolute Gasteiger partial charge is 0.0654 e. The van der Waals surface area contributed by atoms with E-state index < -0.39 is 0 Å². The third-order valence-electron chi connectivity index (χ3n) is 7.53. The molecule has 1 fully saturated rings. The van der Waals surface area contributed by atoms with Gasteiger partial charge in [0.1, 0.15) is 0 Å². The molecule has 1 aliphatic rings. The molecule has 0 saturated heterocycles. The number of aryl methyl sites for hydroxylation is 1. The van der Waals surface area contributed by atoms with Crippen LogP contribution < -0.4 is 0 Å². The second-order valence-electron chi connectivity index (χ2n) is 10.1. The summed E-state index contributed by atoms with van der Waals surface area (Å²) in [4.78, 5) is 0. The Balaban J connectivity index is 1.40. The van der Waals surface area contributed by atoms with Crippen LogP contribution >= 0.6 is 0 Å². The van der Waals surface area contributed by atoms with Gasteiger partial charge in [0.2, 0.25) is 0 Å². The van der Waals surface area contributed by atoms with Gasteiger partial charge < -0.3 is 0 Å². The molecule has 0 aromatic heterocycles. The Bertz CT molecular complexity index is 701. The molecule has 31 heavy (non-hydrogen) atoms. The molecule has 0 radical (unpaired) electrons. The van der Waals surface area contributed by atoms with Crippen molar-refractivity contribution in [3.8, 4) is 11.1 Å². The quantitative estimate of drug-likeness (QED) is 0.284. The van der Waals surface area contributed by atoms with E-state index >= 15 is 0 Å². The first-order chi connectivity index (χ1) is 15.3. The van der Waals surface area contributed by atoms with Gasteiger partial charge in [-0.2, -0.15) is 0 Å². The molecular weight excluding hydrogens is 372 g/mol. The van der Waals surface area contributed by atoms with E-state index in [1.807, 2.05) is 0 Å². The predicted octanol–water partition coefficient (Wildman–Crippen LogP) is 10.1. The van der Waals surface area contributed by atoms with Crippen molar-refractivity contribution in [3.63, 3.8) is 0 Å². The Morgan fingerprint density at radius 3 is 1.71 bits per heavy atom. The fourth-order valence-electron chi connectivity index (χ4n) is 5.47. The van der Waals surface area contributed by atoms with Gasteiger partial charge in [-0.05, 0) is 72.6 Å². The molecule has 2 aromatic rings. The van der Waals surface area contributed by atoms with Crippen LogP contribution in [0.4, 0.5) is 0 Å². The summed E-state index contributed by atoms with van der Waals surface area (Å²) in [6, 6.07) is 18.8. The molecule has 0 bridgehead atoms. The number of rotatable bonds is 13. The maximum absolute atomic E-state index is 2.40. The van der Waals surface area contributed by atoms with Gasteiger partial charge in [0.15, 0.2) is 0 Å². The van der Waals surface area contributed by atoms with Crippen LogP contribution in [0.25, 0.3) is 11.1 Å². The van der Waals surface area contributed by atoms with E-state index in [1.165, 1.54) is 113 Å². The molecule has 0 N–H and O–H groups in total. The minimum absolute atomic E-state index is 0.788. The third-order valence-corrected chi connectivity index (χ3v) is 7.53. The molecule has 0 heterocycles. The summed E-state index contributed by atoms with van der Waals surface area (Å²) in [5, 5.41) is 0. The van der Waals surface area contributed by atoms with Crippen LogP contribution in [-0.4, -0.2) is 0 Å². The van der Waals surface area contributed by atoms with E-state index in [-0.39, 0.29) is 0 Å². The maximum Gasteiger partial charge on any atom is -0.0162 e. The van der Waals surface area contributed by atoms with Gasteiger partial charge in [-0.1, -0.05) is 120 Å². The van der Waals surface area contributed by atoms with Crippen LogP contribution in [-0.2, 0) is 6.42 Å². The molecule has 0 spiro atoms. The molecule has 1 aliphatic carbocycles. The van der Waals surface area contributed by atoms with Crippen molar-refractivity contribution >= 4 is 0 Å². The molecule has 0 aliphatic heterocycles. The van der Waals surface area contributed by atoms with Crippen molar-refractivity contribution in [1.29, 1.82) is 0 Å². The first kappa shape index (κ1) is 24.1. The highest BCUT2D eigenvalue weighted by molar-refractivity contribution is 5.64. The predicted molar refractivity (Wildman–Crippen MR) is 138 cm³/mol. The molecule has 3 rings (SSSR count). The smallest absolute Gasteiger partial charge is 0.0162 e. The van der Waals surface area contributed by atoms with Crippen molar-refractivity contribution < 1.29 is 0 Å². The van der Waals surface area contributed by atoms with Gasteiger partial charge in [-0.3, -0.25) is 0 Å². The van der Waals surface area contributed by atoms with E-state index in [0.717, 1.165) is 11.8 Å². The van der Waals surface area contributed by atoms with Gasteiger partial charge in [0, 0.05) is 0 Å². The Morgan fingerprint density at radius 1 is 0.581 bits per heavy atom. The topological polar surface area (TPSA) is 0 Å². The third kappa shape index (κ3) is 8.13. The summed E-state index contributed by atoms with van der Waals surface area (Å²) in [5.41, 5.74) is 5.78. The van der Waals surface area contributed by atoms with E-state index in [2.05, 4.69) is 62.4 Å². The maximum atomic E-state index is 2.40. The Kier molecular flexibility index (Phi) is 10.7. The van der Waals surface area contributed by atoms with Gasteiger partial charge in [-0.25, -0.2) is 0 Å². The number of hydrogen-bond acceptors (Lipinski definition) is 0. The van der Waals surface area contributed by atoms with Crippen molar-refractivity contribution in [2.75, 3.05) is 0 Å². The molecule has 0 amide bonds. The van der Waals surface area contributed by atoms with Gasteiger partial charge in [0.25, 0.3) is 0 Å². The van der Waals surface area contributed by atoms with Gasteiger partial charge >= 0.3 is 0 Å². The van der Waals surface area contributed by atoms with E-state index in [9.17, 15) is 0 Å². The summed E-state index contributed by atoms with van der Waals surface area (Å²) in [6.45, 7) is 4.62. The number of unbranched alkanes of at least 4 members (excludes halogenated alkanes) is 7. The second-order valence-corrected chi connectivity index (χ2v) is 10.1. The fourth-order valence-corrected chi connectivity index (χ4v) is 5.47. The normalized spacial score (nSPS) is 18.9. The zero-order valence-electron chi connectivity index (χ0n) is 20.4. The first-order valence-electron chi connectivity index (χ1n) is 13.5. The fraction of sp³-hybridized carbons (Fsp3) is 0.613. The first-order valence-corrected chi connectivity index (χ1v) is 13.5. The Hall–Kier alpha value is -1.56. The van der Waals surface area contributed by atoms with Crippen LogP contribution in [0.2, 0.25) is 0 Å². The Labute approximate surface area is 192 Å². The highest BCUT2D eigenvalue weighted by Gasteiger charge is 2.21. The molecule has 170 valence electrons. The minimum atomic E-state index is 0.788. The van der Waals surface area contributed by atoms with Crippen molar-refractivity contribution in [1.82, 2.24) is 0 Å². The van der Waals surface area contributed by atoms with Crippen molar-refractivity contribution in [3.05, 3.63) is 59.7 Å². The summed E-state index contributed by atoms with van der Waals surface area (Å²) in [5.74, 6) is 1.78. The SMILES string of the molecule is CCCCCCCCCCc1ccc(-c2ccc(C3CCC(CCC)CC3)cc2)cc1. The second kappa shape index (κ2) is 13.8. The summed E-state index contributed by atoms with van der Waals surface area (Å²) in [6.07, 6.45) is 20.8. The molecule has 1 saturated carbocycles. The monoisotopic (exact) mass is 418 g/mol. The summed E-state index contributed by atoms with van der Waals surface area (Å²) < 4.78 is 0. The average Bonchev–Trinajstić information content (AvgIpc) is 2.82. The van der Waals surface area contributed by atoms with Crippen LogP contribution in [0.3, 0.4) is 0 Å². The van der Waals surface area contributed by atoms with Crippen LogP contribution in [0, 0.1) is 5.92 Å². The Morgan fingerprint density at radius 2 is 1.13 bits per heavy atom. The van der Waals surface area contributed by atoms with E-state index in [4.69, 9.17) is 0 Å². The lowest BCUT2D eigenvalue weighted by Crippen LogP contribution is -2.13. The minimum Gasteiger partial charge on any atom is -0.0654 e. The van der Waals surface area contributed by atoms with Crippen LogP contribution in [0.1, 0.15) is 121 Å². The van der Waals surface area contributed by atoms with Gasteiger partial charge in [0.05, 0.1) is 0 Å². The lowest BCUT2D eigenvalue weighted by atomic mass is 9.77. The van der Waals surface area contributed by atoms with Crippen molar-refractivity contribution in [2.24, 2.45) is 5.92 Å². The molecule has 0 heteroatoms. The molecule has 2 aromatic carbocycles. The highest BCUT2D eigenvalue weighted by atomic mass is 14.3. The molecule has 0 atom stereocenters. The number of hydrogen-bond donors (Lipinski definition) is 0. The molecular formula is C31H46. The van der Waals surface area contributed by atoms with E-state index in [0.29, 0.717) is 0 Å². The average molecular weight is 419 g/mol.